The minimum atomic E-state index is 0.988. The number of nitrogens with zero attached hydrogens (tertiary/aromatic N) is 2. The van der Waals surface area contributed by atoms with E-state index in [-0.39, 0.29) is 0 Å². The Hall–Kier alpha value is -3.12. The first-order chi connectivity index (χ1) is 16.2. The molecule has 0 amide bonds. The number of aromatic nitrogens is 2. The van der Waals surface area contributed by atoms with Crippen LogP contribution in [0.15, 0.2) is 84.9 Å². The van der Waals surface area contributed by atoms with Crippen LogP contribution in [0.3, 0.4) is 0 Å². The molecule has 33 heavy (non-hydrogen) atoms. The third-order valence-corrected chi connectivity index (χ3v) is 8.48. The van der Waals surface area contributed by atoms with Gasteiger partial charge in [-0.3, -0.25) is 0 Å². The number of fused-ring (bicyclic) bond motifs is 1. The van der Waals surface area contributed by atoms with Crippen molar-refractivity contribution in [1.82, 2.24) is 8.75 Å². The zero-order chi connectivity index (χ0) is 22.4. The van der Waals surface area contributed by atoms with Gasteiger partial charge in [-0.1, -0.05) is 72.8 Å². The monoisotopic (exact) mass is 480 g/mol. The molecule has 0 saturated heterocycles. The van der Waals surface area contributed by atoms with Gasteiger partial charge in [0, 0.05) is 41.8 Å². The van der Waals surface area contributed by atoms with Crippen LogP contribution in [0.2, 0.25) is 0 Å². The first-order valence-corrected chi connectivity index (χ1v) is 13.1. The van der Waals surface area contributed by atoms with Gasteiger partial charge >= 0.3 is 0 Å². The van der Waals surface area contributed by atoms with Gasteiger partial charge in [-0.25, -0.2) is 0 Å². The van der Waals surface area contributed by atoms with Crippen LogP contribution in [0.5, 0.6) is 0 Å². The highest BCUT2D eigenvalue weighted by Crippen LogP contribution is 2.46. The molecule has 6 aromatic rings. The summed E-state index contributed by atoms with van der Waals surface area (Å²) < 4.78 is 9.55. The number of aryl methyl sites for hydroxylation is 2. The number of benzene rings is 3. The third kappa shape index (κ3) is 3.62. The summed E-state index contributed by atoms with van der Waals surface area (Å²) in [4.78, 5) is 5.11. The second kappa shape index (κ2) is 8.34. The first-order valence-electron chi connectivity index (χ1n) is 10.8. The number of rotatable bonds is 4. The predicted octanol–water partition coefficient (Wildman–Crippen LogP) is 9.10. The smallest absolute Gasteiger partial charge is 0.114 e. The fourth-order valence-corrected chi connectivity index (χ4v) is 7.02. The lowest BCUT2D eigenvalue weighted by atomic mass is 9.97. The molecule has 0 saturated carbocycles. The first kappa shape index (κ1) is 20.5. The van der Waals surface area contributed by atoms with Crippen LogP contribution < -0.4 is 0 Å². The Morgan fingerprint density at radius 1 is 0.515 bits per heavy atom. The topological polar surface area (TPSA) is 25.8 Å². The maximum Gasteiger partial charge on any atom is 0.114 e. The van der Waals surface area contributed by atoms with Crippen LogP contribution >= 0.6 is 34.4 Å². The third-order valence-electron chi connectivity index (χ3n) is 5.78. The highest BCUT2D eigenvalue weighted by molar-refractivity contribution is 7.16. The summed E-state index contributed by atoms with van der Waals surface area (Å²) in [6, 6.07) is 30.3. The Kier molecular flexibility index (Phi) is 5.18. The molecular weight excluding hydrogens is 461 g/mol. The van der Waals surface area contributed by atoms with E-state index >= 15 is 0 Å². The Balaban J connectivity index is 1.55. The molecule has 0 bridgehead atoms. The summed E-state index contributed by atoms with van der Waals surface area (Å²) in [6.07, 6.45) is 0. The minimum absolute atomic E-state index is 0.988. The van der Waals surface area contributed by atoms with Crippen molar-refractivity contribution in [3.05, 3.63) is 94.7 Å². The fourth-order valence-electron chi connectivity index (χ4n) is 4.33. The van der Waals surface area contributed by atoms with Gasteiger partial charge in [-0.15, -0.1) is 22.7 Å². The van der Waals surface area contributed by atoms with Crippen molar-refractivity contribution in [3.63, 3.8) is 0 Å². The van der Waals surface area contributed by atoms with Crippen molar-refractivity contribution in [2.24, 2.45) is 0 Å². The van der Waals surface area contributed by atoms with Crippen molar-refractivity contribution in [1.29, 1.82) is 0 Å². The summed E-state index contributed by atoms with van der Waals surface area (Å²) in [6.45, 7) is 4.35. The molecule has 6 rings (SSSR count). The van der Waals surface area contributed by atoms with Crippen LogP contribution in [0.1, 0.15) is 9.75 Å². The number of hydrogen-bond acceptors (Lipinski definition) is 5. The van der Waals surface area contributed by atoms with E-state index in [1.807, 2.05) is 22.7 Å². The quantitative estimate of drug-likeness (QED) is 0.251. The molecule has 0 N–H and O–H groups in total. The van der Waals surface area contributed by atoms with Gasteiger partial charge in [0.15, 0.2) is 0 Å². The van der Waals surface area contributed by atoms with E-state index in [2.05, 4.69) is 98.8 Å². The Bertz CT molecular complexity index is 1460. The molecule has 0 aliphatic heterocycles. The van der Waals surface area contributed by atoms with Crippen LogP contribution in [-0.4, -0.2) is 8.75 Å². The molecule has 0 atom stereocenters. The van der Waals surface area contributed by atoms with Gasteiger partial charge in [0.05, 0.1) is 11.7 Å². The summed E-state index contributed by atoms with van der Waals surface area (Å²) in [5.74, 6) is 0. The van der Waals surface area contributed by atoms with Gasteiger partial charge in [0.1, 0.15) is 11.0 Å². The highest BCUT2D eigenvalue weighted by atomic mass is 32.1. The lowest BCUT2D eigenvalue weighted by Gasteiger charge is -2.09. The van der Waals surface area contributed by atoms with E-state index in [9.17, 15) is 0 Å². The molecule has 3 heterocycles. The largest absolute Gasteiger partial charge is 0.172 e. The van der Waals surface area contributed by atoms with Gasteiger partial charge in [0.25, 0.3) is 0 Å². The predicted molar refractivity (Wildman–Crippen MR) is 144 cm³/mol. The molecule has 0 aliphatic rings. The van der Waals surface area contributed by atoms with E-state index in [1.165, 1.54) is 53.5 Å². The maximum absolute atomic E-state index is 4.78. The van der Waals surface area contributed by atoms with Gasteiger partial charge < -0.3 is 0 Å². The van der Waals surface area contributed by atoms with Gasteiger partial charge in [-0.05, 0) is 37.1 Å². The van der Waals surface area contributed by atoms with Crippen LogP contribution in [0.4, 0.5) is 0 Å². The van der Waals surface area contributed by atoms with Crippen LogP contribution in [0.25, 0.3) is 54.2 Å². The summed E-state index contributed by atoms with van der Waals surface area (Å²) in [5, 5.41) is 0. The Morgan fingerprint density at radius 2 is 0.939 bits per heavy atom. The zero-order valence-electron chi connectivity index (χ0n) is 18.2. The lowest BCUT2D eigenvalue weighted by molar-refractivity contribution is 1.59. The molecule has 3 aromatic heterocycles. The molecule has 0 fully saturated rings. The summed E-state index contributed by atoms with van der Waals surface area (Å²) in [5.41, 5.74) is 9.29. The Morgan fingerprint density at radius 3 is 1.36 bits per heavy atom. The molecule has 0 aliphatic carbocycles. The zero-order valence-corrected chi connectivity index (χ0v) is 20.7. The second-order valence-corrected chi connectivity index (χ2v) is 11.1. The molecule has 0 radical (unpaired) electrons. The molecule has 160 valence electrons. The molecule has 2 nitrogen and oxygen atoms in total. The Labute approximate surface area is 205 Å². The number of thiophene rings is 2. The van der Waals surface area contributed by atoms with Gasteiger partial charge in [0.2, 0.25) is 0 Å². The molecule has 0 unspecified atom stereocenters. The van der Waals surface area contributed by atoms with E-state index in [0.717, 1.165) is 22.2 Å². The maximum atomic E-state index is 4.78. The SMILES string of the molecule is Cc1cc(-c2ccccc2)c(-c2ccc(-c3sc(C)cc3-c3ccccc3)c3nsnc23)s1. The van der Waals surface area contributed by atoms with Gasteiger partial charge in [-0.2, -0.15) is 8.75 Å². The van der Waals surface area contributed by atoms with Crippen molar-refractivity contribution in [3.8, 4) is 43.1 Å². The van der Waals surface area contributed by atoms with Crippen molar-refractivity contribution < 1.29 is 0 Å². The van der Waals surface area contributed by atoms with E-state index < -0.39 is 0 Å². The summed E-state index contributed by atoms with van der Waals surface area (Å²) >= 11 is 4.95. The van der Waals surface area contributed by atoms with E-state index in [4.69, 9.17) is 8.75 Å². The van der Waals surface area contributed by atoms with Crippen LogP contribution in [-0.2, 0) is 0 Å². The van der Waals surface area contributed by atoms with E-state index in [1.54, 1.807) is 0 Å². The van der Waals surface area contributed by atoms with Crippen molar-refractivity contribution in [2.45, 2.75) is 13.8 Å². The minimum Gasteiger partial charge on any atom is -0.172 e. The number of hydrogen-bond donors (Lipinski definition) is 0. The normalized spacial score (nSPS) is 11.3. The standard InChI is InChI=1S/C28H20N2S3/c1-17-15-23(19-9-5-3-6-10-19)27(31-17)21-13-14-22(26-25(21)29-33-30-26)28-24(16-18(2)32-28)20-11-7-4-8-12-20/h3-16H,1-2H3. The average Bonchev–Trinajstić information content (AvgIpc) is 3.58. The highest BCUT2D eigenvalue weighted by Gasteiger charge is 2.21. The fraction of sp³-hybridized carbons (Fsp3) is 0.0714. The van der Waals surface area contributed by atoms with Crippen LogP contribution in [0, 0.1) is 13.8 Å². The van der Waals surface area contributed by atoms with E-state index in [0.29, 0.717) is 0 Å². The molecular formula is C28H20N2S3. The lowest BCUT2D eigenvalue weighted by Crippen LogP contribution is -1.86. The molecule has 3 aromatic carbocycles. The average molecular weight is 481 g/mol. The molecule has 0 spiro atoms. The van der Waals surface area contributed by atoms with Crippen molar-refractivity contribution >= 4 is 45.4 Å². The summed E-state index contributed by atoms with van der Waals surface area (Å²) in [7, 11) is 0. The van der Waals surface area contributed by atoms with Crippen molar-refractivity contribution in [2.75, 3.05) is 0 Å². The molecule has 5 heteroatoms. The second-order valence-electron chi connectivity index (χ2n) is 8.05.